The lowest BCUT2D eigenvalue weighted by molar-refractivity contribution is 0.178. The third-order valence-electron chi connectivity index (χ3n) is 3.22. The number of sulfone groups is 1. The van der Waals surface area contributed by atoms with Crippen molar-refractivity contribution in [1.82, 2.24) is 0 Å². The highest BCUT2D eigenvalue weighted by atomic mass is 32.2. The average molecular weight is 290 g/mol. The number of aliphatic hydroxyl groups is 1. The lowest BCUT2D eigenvalue weighted by atomic mass is 10.0. The fourth-order valence-corrected chi connectivity index (χ4v) is 2.69. The van der Waals surface area contributed by atoms with Gasteiger partial charge in [0.25, 0.3) is 0 Å². The van der Waals surface area contributed by atoms with Crippen LogP contribution in [0.1, 0.15) is 22.8 Å². The Bertz CT molecular complexity index is 688. The zero-order valence-electron chi connectivity index (χ0n) is 11.6. The maximum atomic E-state index is 11.5. The van der Waals surface area contributed by atoms with Gasteiger partial charge in [-0.15, -0.1) is 0 Å². The summed E-state index contributed by atoms with van der Waals surface area (Å²) in [6.07, 6.45) is 0.922. The van der Waals surface area contributed by atoms with E-state index in [0.717, 1.165) is 5.56 Å². The first kappa shape index (κ1) is 14.8. The Labute approximate surface area is 119 Å². The van der Waals surface area contributed by atoms with Crippen molar-refractivity contribution in [1.29, 1.82) is 0 Å². The second-order valence-electron chi connectivity index (χ2n) is 5.05. The average Bonchev–Trinajstić information content (AvgIpc) is 2.40. The first-order valence-corrected chi connectivity index (χ1v) is 8.29. The molecular formula is C16H18O3S. The van der Waals surface area contributed by atoms with Gasteiger partial charge in [0, 0.05) is 12.7 Å². The SMILES string of the molecule is Cc1ccc(CC(O)c2cccc(S(C)(=O)=O)c2)cc1. The molecule has 0 heterocycles. The first-order chi connectivity index (χ1) is 9.36. The molecule has 0 aliphatic carbocycles. The summed E-state index contributed by atoms with van der Waals surface area (Å²) in [5, 5.41) is 10.2. The van der Waals surface area contributed by atoms with Crippen molar-refractivity contribution in [2.24, 2.45) is 0 Å². The molecule has 0 aromatic heterocycles. The Morgan fingerprint density at radius 1 is 1.10 bits per heavy atom. The van der Waals surface area contributed by atoms with Gasteiger partial charge in [0.1, 0.15) is 0 Å². The molecular weight excluding hydrogens is 272 g/mol. The first-order valence-electron chi connectivity index (χ1n) is 6.40. The van der Waals surface area contributed by atoms with Gasteiger partial charge in [-0.25, -0.2) is 8.42 Å². The van der Waals surface area contributed by atoms with E-state index in [4.69, 9.17) is 0 Å². The Morgan fingerprint density at radius 3 is 2.35 bits per heavy atom. The molecule has 0 spiro atoms. The van der Waals surface area contributed by atoms with E-state index in [2.05, 4.69) is 0 Å². The summed E-state index contributed by atoms with van der Waals surface area (Å²) >= 11 is 0. The summed E-state index contributed by atoms with van der Waals surface area (Å²) in [6, 6.07) is 14.4. The monoisotopic (exact) mass is 290 g/mol. The van der Waals surface area contributed by atoms with Crippen molar-refractivity contribution in [3.63, 3.8) is 0 Å². The molecule has 2 aromatic rings. The molecule has 1 N–H and O–H groups in total. The van der Waals surface area contributed by atoms with Crippen LogP contribution in [0.15, 0.2) is 53.4 Å². The second kappa shape index (κ2) is 5.77. The van der Waals surface area contributed by atoms with Crippen LogP contribution < -0.4 is 0 Å². The topological polar surface area (TPSA) is 54.4 Å². The van der Waals surface area contributed by atoms with Crippen molar-refractivity contribution < 1.29 is 13.5 Å². The molecule has 20 heavy (non-hydrogen) atoms. The maximum absolute atomic E-state index is 11.5. The van der Waals surface area contributed by atoms with Crippen molar-refractivity contribution in [2.75, 3.05) is 6.26 Å². The maximum Gasteiger partial charge on any atom is 0.175 e. The zero-order chi connectivity index (χ0) is 14.8. The largest absolute Gasteiger partial charge is 0.388 e. The highest BCUT2D eigenvalue weighted by molar-refractivity contribution is 7.90. The third-order valence-corrected chi connectivity index (χ3v) is 4.33. The van der Waals surface area contributed by atoms with Gasteiger partial charge in [0.15, 0.2) is 9.84 Å². The number of aliphatic hydroxyl groups excluding tert-OH is 1. The van der Waals surface area contributed by atoms with Gasteiger partial charge in [-0.1, -0.05) is 42.0 Å². The standard InChI is InChI=1S/C16H18O3S/c1-12-6-8-13(9-7-12)10-16(17)14-4-3-5-15(11-14)20(2,18)19/h3-9,11,16-17H,10H2,1-2H3. The summed E-state index contributed by atoms with van der Waals surface area (Å²) in [5.41, 5.74) is 2.81. The number of hydrogen-bond donors (Lipinski definition) is 1. The van der Waals surface area contributed by atoms with Crippen LogP contribution in [0, 0.1) is 6.92 Å². The highest BCUT2D eigenvalue weighted by Gasteiger charge is 2.12. The molecule has 0 saturated carbocycles. The van der Waals surface area contributed by atoms with E-state index in [-0.39, 0.29) is 4.90 Å². The van der Waals surface area contributed by atoms with Crippen LogP contribution in [0.25, 0.3) is 0 Å². The summed E-state index contributed by atoms with van der Waals surface area (Å²) in [7, 11) is -3.25. The molecule has 0 aliphatic heterocycles. The molecule has 0 saturated heterocycles. The molecule has 0 radical (unpaired) electrons. The molecule has 3 nitrogen and oxygen atoms in total. The lowest BCUT2D eigenvalue weighted by Gasteiger charge is -2.12. The van der Waals surface area contributed by atoms with Crippen LogP contribution in [-0.4, -0.2) is 19.8 Å². The van der Waals surface area contributed by atoms with Gasteiger partial charge in [0.05, 0.1) is 11.0 Å². The molecule has 1 atom stereocenters. The summed E-state index contributed by atoms with van der Waals surface area (Å²) < 4.78 is 23.0. The van der Waals surface area contributed by atoms with E-state index in [1.807, 2.05) is 31.2 Å². The van der Waals surface area contributed by atoms with Gasteiger partial charge in [-0.3, -0.25) is 0 Å². The quantitative estimate of drug-likeness (QED) is 0.942. The molecule has 0 amide bonds. The minimum atomic E-state index is -3.25. The van der Waals surface area contributed by atoms with Crippen LogP contribution in [0.2, 0.25) is 0 Å². The predicted octanol–water partition coefficient (Wildman–Crippen LogP) is 2.67. The second-order valence-corrected chi connectivity index (χ2v) is 7.07. The van der Waals surface area contributed by atoms with Crippen LogP contribution in [0.3, 0.4) is 0 Å². The summed E-state index contributed by atoms with van der Waals surface area (Å²) in [6.45, 7) is 2.01. The van der Waals surface area contributed by atoms with Crippen molar-refractivity contribution in [3.05, 3.63) is 65.2 Å². The molecule has 4 heteroatoms. The minimum absolute atomic E-state index is 0.234. The van der Waals surface area contributed by atoms with Crippen molar-refractivity contribution >= 4 is 9.84 Å². The van der Waals surface area contributed by atoms with Gasteiger partial charge in [-0.2, -0.15) is 0 Å². The van der Waals surface area contributed by atoms with Crippen LogP contribution in [-0.2, 0) is 16.3 Å². The molecule has 0 fully saturated rings. The van der Waals surface area contributed by atoms with E-state index in [1.165, 1.54) is 24.0 Å². The third kappa shape index (κ3) is 3.68. The van der Waals surface area contributed by atoms with Gasteiger partial charge >= 0.3 is 0 Å². The number of benzene rings is 2. The van der Waals surface area contributed by atoms with Gasteiger partial charge in [-0.05, 0) is 30.2 Å². The molecule has 106 valence electrons. The summed E-state index contributed by atoms with van der Waals surface area (Å²) in [4.78, 5) is 0.234. The van der Waals surface area contributed by atoms with Gasteiger partial charge < -0.3 is 5.11 Å². The minimum Gasteiger partial charge on any atom is -0.388 e. The highest BCUT2D eigenvalue weighted by Crippen LogP contribution is 2.21. The molecule has 2 rings (SSSR count). The van der Waals surface area contributed by atoms with Crippen LogP contribution >= 0.6 is 0 Å². The van der Waals surface area contributed by atoms with E-state index >= 15 is 0 Å². The number of rotatable bonds is 4. The number of aryl methyl sites for hydroxylation is 1. The molecule has 1 unspecified atom stereocenters. The van der Waals surface area contributed by atoms with E-state index < -0.39 is 15.9 Å². The van der Waals surface area contributed by atoms with E-state index in [1.54, 1.807) is 12.1 Å². The molecule has 2 aromatic carbocycles. The Hall–Kier alpha value is -1.65. The predicted molar refractivity (Wildman–Crippen MR) is 79.4 cm³/mol. The van der Waals surface area contributed by atoms with Crippen molar-refractivity contribution in [2.45, 2.75) is 24.3 Å². The van der Waals surface area contributed by atoms with E-state index in [0.29, 0.717) is 12.0 Å². The summed E-state index contributed by atoms with van der Waals surface area (Å²) in [5.74, 6) is 0. The molecule has 0 aliphatic rings. The van der Waals surface area contributed by atoms with Gasteiger partial charge in [0.2, 0.25) is 0 Å². The Kier molecular flexibility index (Phi) is 4.26. The van der Waals surface area contributed by atoms with E-state index in [9.17, 15) is 13.5 Å². The smallest absolute Gasteiger partial charge is 0.175 e. The Balaban J connectivity index is 2.21. The molecule has 0 bridgehead atoms. The zero-order valence-corrected chi connectivity index (χ0v) is 12.4. The normalized spacial score (nSPS) is 13.2. The fraction of sp³-hybridized carbons (Fsp3) is 0.250. The van der Waals surface area contributed by atoms with Crippen LogP contribution in [0.5, 0.6) is 0 Å². The van der Waals surface area contributed by atoms with Crippen LogP contribution in [0.4, 0.5) is 0 Å². The number of hydrogen-bond acceptors (Lipinski definition) is 3. The lowest BCUT2D eigenvalue weighted by Crippen LogP contribution is -2.04. The fourth-order valence-electron chi connectivity index (χ4n) is 2.02. The Morgan fingerprint density at radius 2 is 1.75 bits per heavy atom. The van der Waals surface area contributed by atoms with Crippen molar-refractivity contribution in [3.8, 4) is 0 Å².